The molecular formula is C15H12ClN3OS2. The quantitative estimate of drug-likeness (QED) is 0.432. The minimum Gasteiger partial charge on any atom is -0.383 e. The average Bonchev–Trinajstić information content (AvgIpc) is 2.96. The Balaban J connectivity index is 1.81. The van der Waals surface area contributed by atoms with Gasteiger partial charge in [0.2, 0.25) is 0 Å². The summed E-state index contributed by atoms with van der Waals surface area (Å²) in [5, 5.41) is 3.59. The number of thioether (sulfide) groups is 1. The molecule has 0 bridgehead atoms. The third kappa shape index (κ3) is 3.09. The summed E-state index contributed by atoms with van der Waals surface area (Å²) < 4.78 is 0. The molecule has 112 valence electrons. The van der Waals surface area contributed by atoms with Gasteiger partial charge in [0.25, 0.3) is 0 Å². The number of fused-ring (bicyclic) bond motifs is 1. The molecule has 0 aliphatic heterocycles. The van der Waals surface area contributed by atoms with Gasteiger partial charge in [0.1, 0.15) is 10.6 Å². The maximum atomic E-state index is 12.4. The van der Waals surface area contributed by atoms with Gasteiger partial charge < -0.3 is 5.73 Å². The number of nitrogens with zero attached hydrogens (tertiary/aromatic N) is 2. The number of hydrogen-bond donors (Lipinski definition) is 1. The van der Waals surface area contributed by atoms with E-state index >= 15 is 0 Å². The number of ketones is 1. The molecule has 3 aromatic rings. The maximum Gasteiger partial charge on any atom is 0.191 e. The molecule has 2 aromatic heterocycles. The van der Waals surface area contributed by atoms with Crippen LogP contribution in [-0.2, 0) is 0 Å². The molecule has 0 aliphatic carbocycles. The van der Waals surface area contributed by atoms with Crippen molar-refractivity contribution in [3.05, 3.63) is 46.3 Å². The van der Waals surface area contributed by atoms with Gasteiger partial charge in [-0.05, 0) is 42.6 Å². The number of halogens is 1. The fourth-order valence-corrected chi connectivity index (χ4v) is 3.78. The van der Waals surface area contributed by atoms with Gasteiger partial charge in [-0.2, -0.15) is 0 Å². The molecule has 0 amide bonds. The van der Waals surface area contributed by atoms with E-state index in [1.54, 1.807) is 24.3 Å². The third-order valence-electron chi connectivity index (χ3n) is 3.11. The van der Waals surface area contributed by atoms with Gasteiger partial charge in [0, 0.05) is 10.6 Å². The molecule has 3 rings (SSSR count). The number of aromatic nitrogens is 2. The van der Waals surface area contributed by atoms with E-state index in [0.29, 0.717) is 21.6 Å². The Morgan fingerprint density at radius 3 is 2.73 bits per heavy atom. The second kappa shape index (κ2) is 6.24. The largest absolute Gasteiger partial charge is 0.383 e. The van der Waals surface area contributed by atoms with Gasteiger partial charge in [0.15, 0.2) is 10.9 Å². The summed E-state index contributed by atoms with van der Waals surface area (Å²) in [7, 11) is 0. The first-order chi connectivity index (χ1) is 10.5. The van der Waals surface area contributed by atoms with Crippen LogP contribution in [0.5, 0.6) is 0 Å². The molecule has 0 unspecified atom stereocenters. The fraction of sp³-hybridized carbons (Fsp3) is 0.133. The van der Waals surface area contributed by atoms with Crippen molar-refractivity contribution in [1.29, 1.82) is 0 Å². The van der Waals surface area contributed by atoms with Crippen LogP contribution in [0.2, 0.25) is 5.02 Å². The molecule has 1 aromatic carbocycles. The molecule has 1 atom stereocenters. The van der Waals surface area contributed by atoms with Crippen molar-refractivity contribution in [2.45, 2.75) is 17.3 Å². The van der Waals surface area contributed by atoms with Crippen molar-refractivity contribution in [2.24, 2.45) is 0 Å². The third-order valence-corrected chi connectivity index (χ3v) is 5.13. The van der Waals surface area contributed by atoms with E-state index in [2.05, 4.69) is 9.97 Å². The van der Waals surface area contributed by atoms with Crippen LogP contribution in [0.1, 0.15) is 17.3 Å². The predicted octanol–water partition coefficient (Wildman–Crippen LogP) is 4.29. The van der Waals surface area contributed by atoms with Gasteiger partial charge in [-0.3, -0.25) is 4.79 Å². The topological polar surface area (TPSA) is 68.9 Å². The number of carbonyl (C=O) groups excluding carboxylic acids is 1. The Bertz CT molecular complexity index is 832. The maximum absolute atomic E-state index is 12.4. The van der Waals surface area contributed by atoms with Crippen molar-refractivity contribution in [3.63, 3.8) is 0 Å². The zero-order valence-corrected chi connectivity index (χ0v) is 14.0. The summed E-state index contributed by atoms with van der Waals surface area (Å²) in [6.07, 6.45) is 0. The zero-order chi connectivity index (χ0) is 15.7. The van der Waals surface area contributed by atoms with Crippen LogP contribution in [-0.4, -0.2) is 21.0 Å². The van der Waals surface area contributed by atoms with Crippen LogP contribution >= 0.6 is 34.7 Å². The first-order valence-corrected chi connectivity index (χ1v) is 8.65. The van der Waals surface area contributed by atoms with E-state index in [9.17, 15) is 4.79 Å². The minimum absolute atomic E-state index is 0.00937. The highest BCUT2D eigenvalue weighted by Gasteiger charge is 2.19. The lowest BCUT2D eigenvalue weighted by Gasteiger charge is -2.09. The summed E-state index contributed by atoms with van der Waals surface area (Å²) in [6.45, 7) is 1.83. The number of carbonyl (C=O) groups is 1. The van der Waals surface area contributed by atoms with Gasteiger partial charge in [-0.25, -0.2) is 9.97 Å². The normalized spacial score (nSPS) is 12.5. The average molecular weight is 350 g/mol. The van der Waals surface area contributed by atoms with Crippen LogP contribution in [0, 0.1) is 0 Å². The fourth-order valence-electron chi connectivity index (χ4n) is 1.97. The molecule has 0 saturated carbocycles. The lowest BCUT2D eigenvalue weighted by Crippen LogP contribution is -2.14. The number of rotatable bonds is 4. The molecule has 0 radical (unpaired) electrons. The van der Waals surface area contributed by atoms with E-state index in [1.165, 1.54) is 23.1 Å². The zero-order valence-electron chi connectivity index (χ0n) is 11.6. The smallest absolute Gasteiger partial charge is 0.191 e. The predicted molar refractivity (Wildman–Crippen MR) is 92.9 cm³/mol. The number of hydrogen-bond acceptors (Lipinski definition) is 6. The summed E-state index contributed by atoms with van der Waals surface area (Å²) in [4.78, 5) is 22.0. The summed E-state index contributed by atoms with van der Waals surface area (Å²) in [6, 6.07) is 8.75. The van der Waals surface area contributed by atoms with E-state index in [1.807, 2.05) is 18.4 Å². The Kier molecular flexibility index (Phi) is 4.33. The van der Waals surface area contributed by atoms with E-state index in [0.717, 1.165) is 10.2 Å². The van der Waals surface area contributed by atoms with Gasteiger partial charge in [-0.15, -0.1) is 11.3 Å². The van der Waals surface area contributed by atoms with Gasteiger partial charge in [0.05, 0.1) is 10.6 Å². The molecule has 4 nitrogen and oxygen atoms in total. The van der Waals surface area contributed by atoms with Crippen molar-refractivity contribution in [1.82, 2.24) is 9.97 Å². The number of benzene rings is 1. The van der Waals surface area contributed by atoms with E-state index < -0.39 is 0 Å². The summed E-state index contributed by atoms with van der Waals surface area (Å²) in [5.74, 6) is 0.454. The van der Waals surface area contributed by atoms with Crippen LogP contribution in [0.3, 0.4) is 0 Å². The standard InChI is InChI=1S/C15H12ClN3OS2/c1-8(12(20)9-2-4-10(16)5-3-9)22-15-18-13(17)11-6-7-21-14(11)19-15/h2-8H,1H3,(H2,17,18,19)/t8-/m0/s1. The SMILES string of the molecule is C[C@H](Sc1nc(N)c2ccsc2n1)C(=O)c1ccc(Cl)cc1. The van der Waals surface area contributed by atoms with Gasteiger partial charge >= 0.3 is 0 Å². The molecule has 0 spiro atoms. The first kappa shape index (κ1) is 15.3. The highest BCUT2D eigenvalue weighted by atomic mass is 35.5. The Hall–Kier alpha value is -1.63. The second-order valence-electron chi connectivity index (χ2n) is 4.66. The highest BCUT2D eigenvalue weighted by Crippen LogP contribution is 2.29. The molecule has 0 saturated heterocycles. The number of thiophene rings is 1. The molecule has 2 N–H and O–H groups in total. The lowest BCUT2D eigenvalue weighted by molar-refractivity contribution is 0.0994. The molecule has 0 aliphatic rings. The van der Waals surface area contributed by atoms with Crippen molar-refractivity contribution >= 4 is 56.5 Å². The van der Waals surface area contributed by atoms with Gasteiger partial charge in [-0.1, -0.05) is 23.4 Å². The summed E-state index contributed by atoms with van der Waals surface area (Å²) >= 11 is 8.65. The first-order valence-electron chi connectivity index (χ1n) is 6.52. The minimum atomic E-state index is -0.307. The molecule has 2 heterocycles. The Morgan fingerprint density at radius 1 is 1.27 bits per heavy atom. The highest BCUT2D eigenvalue weighted by molar-refractivity contribution is 8.00. The van der Waals surface area contributed by atoms with Crippen molar-refractivity contribution < 1.29 is 4.79 Å². The lowest BCUT2D eigenvalue weighted by atomic mass is 10.1. The molecule has 22 heavy (non-hydrogen) atoms. The Morgan fingerprint density at radius 2 is 2.00 bits per heavy atom. The number of nitrogens with two attached hydrogens (primary N) is 1. The van der Waals surface area contributed by atoms with Crippen LogP contribution in [0.4, 0.5) is 5.82 Å². The van der Waals surface area contributed by atoms with Crippen LogP contribution in [0.15, 0.2) is 40.9 Å². The number of nitrogen functional groups attached to an aromatic ring is 1. The number of anilines is 1. The van der Waals surface area contributed by atoms with E-state index in [-0.39, 0.29) is 11.0 Å². The Labute approximate surface area is 140 Å². The number of Topliss-reactive ketones (excluding diaryl/α,β-unsaturated/α-hetero) is 1. The summed E-state index contributed by atoms with van der Waals surface area (Å²) in [5.41, 5.74) is 6.54. The van der Waals surface area contributed by atoms with Crippen molar-refractivity contribution in [2.75, 3.05) is 5.73 Å². The van der Waals surface area contributed by atoms with Crippen LogP contribution in [0.25, 0.3) is 10.2 Å². The monoisotopic (exact) mass is 349 g/mol. The second-order valence-corrected chi connectivity index (χ2v) is 7.30. The molecule has 7 heteroatoms. The van der Waals surface area contributed by atoms with Crippen molar-refractivity contribution in [3.8, 4) is 0 Å². The van der Waals surface area contributed by atoms with Crippen LogP contribution < -0.4 is 5.73 Å². The molecule has 0 fully saturated rings. The van der Waals surface area contributed by atoms with E-state index in [4.69, 9.17) is 17.3 Å². The molecular weight excluding hydrogens is 338 g/mol.